The summed E-state index contributed by atoms with van der Waals surface area (Å²) in [5.41, 5.74) is 1.51. The van der Waals surface area contributed by atoms with E-state index in [1.807, 2.05) is 0 Å². The second kappa shape index (κ2) is 5.23. The first-order chi connectivity index (χ1) is 5.08. The summed E-state index contributed by atoms with van der Waals surface area (Å²) in [5.74, 6) is 0. The summed E-state index contributed by atoms with van der Waals surface area (Å²) in [4.78, 5) is 0. The standard InChI is InChI=1S/C10H17Si.Hf/c1-11(2,3)9-8-10-6-4-5-7-10;/h4-7H,8-9H2,1-3H3;/q-1;. The van der Waals surface area contributed by atoms with Gasteiger partial charge in [0.2, 0.25) is 0 Å². The molecular formula is C10H17HfSi-. The van der Waals surface area contributed by atoms with Gasteiger partial charge in [0.15, 0.2) is 0 Å². The predicted octanol–water partition coefficient (Wildman–Crippen LogP) is 3.28. The molecule has 1 aromatic rings. The molecule has 2 heteroatoms. The molecule has 12 heavy (non-hydrogen) atoms. The van der Waals surface area contributed by atoms with Crippen molar-refractivity contribution in [2.45, 2.75) is 32.1 Å². The Bertz CT molecular complexity index is 196. The molecule has 0 aliphatic heterocycles. The molecule has 0 nitrogen and oxygen atoms in total. The number of aryl methyl sites for hydroxylation is 1. The topological polar surface area (TPSA) is 0 Å². The van der Waals surface area contributed by atoms with Crippen LogP contribution in [0.4, 0.5) is 0 Å². The van der Waals surface area contributed by atoms with E-state index in [0.29, 0.717) is 0 Å². The van der Waals surface area contributed by atoms with Gasteiger partial charge in [-0.2, -0.15) is 17.7 Å². The molecule has 0 N–H and O–H groups in total. The first-order valence-electron chi connectivity index (χ1n) is 4.28. The van der Waals surface area contributed by atoms with Crippen molar-refractivity contribution in [1.82, 2.24) is 0 Å². The quantitative estimate of drug-likeness (QED) is 0.583. The maximum Gasteiger partial charge on any atom is 0.0435 e. The maximum atomic E-state index is 2.43. The number of rotatable bonds is 3. The van der Waals surface area contributed by atoms with E-state index < -0.39 is 8.07 Å². The molecule has 0 aromatic heterocycles. The Morgan fingerprint density at radius 3 is 2.00 bits per heavy atom. The monoisotopic (exact) mass is 345 g/mol. The van der Waals surface area contributed by atoms with E-state index in [0.717, 1.165) is 0 Å². The van der Waals surface area contributed by atoms with Gasteiger partial charge in [0, 0.05) is 33.9 Å². The summed E-state index contributed by atoms with van der Waals surface area (Å²) in [5, 5.41) is 0. The van der Waals surface area contributed by atoms with Crippen molar-refractivity contribution in [3.63, 3.8) is 0 Å². The first kappa shape index (κ1) is 12.4. The van der Waals surface area contributed by atoms with Crippen LogP contribution in [0.1, 0.15) is 5.56 Å². The van der Waals surface area contributed by atoms with Gasteiger partial charge in [-0.3, -0.25) is 0 Å². The summed E-state index contributed by atoms with van der Waals surface area (Å²) in [7, 11) is -0.813. The van der Waals surface area contributed by atoms with Gasteiger partial charge in [-0.05, 0) is 0 Å². The third-order valence-electron chi connectivity index (χ3n) is 1.90. The van der Waals surface area contributed by atoms with Crippen molar-refractivity contribution < 1.29 is 25.8 Å². The molecule has 0 aliphatic carbocycles. The zero-order valence-corrected chi connectivity index (χ0v) is 12.8. The van der Waals surface area contributed by atoms with E-state index in [9.17, 15) is 0 Å². The third kappa shape index (κ3) is 5.15. The molecule has 1 rings (SSSR count). The number of hydrogen-bond acceptors (Lipinski definition) is 0. The Labute approximate surface area is 95.5 Å². The van der Waals surface area contributed by atoms with Gasteiger partial charge in [-0.25, -0.2) is 12.1 Å². The van der Waals surface area contributed by atoms with Crippen LogP contribution in [-0.2, 0) is 32.3 Å². The summed E-state index contributed by atoms with van der Waals surface area (Å²) >= 11 is 0. The van der Waals surface area contributed by atoms with Crippen LogP contribution in [0.3, 0.4) is 0 Å². The predicted molar refractivity (Wildman–Crippen MR) is 53.9 cm³/mol. The van der Waals surface area contributed by atoms with E-state index in [-0.39, 0.29) is 25.8 Å². The summed E-state index contributed by atoms with van der Waals surface area (Å²) in [6, 6.07) is 10.1. The number of hydrogen-bond donors (Lipinski definition) is 0. The van der Waals surface area contributed by atoms with Crippen LogP contribution in [0.5, 0.6) is 0 Å². The molecule has 1 aromatic carbocycles. The van der Waals surface area contributed by atoms with Gasteiger partial charge in [0.25, 0.3) is 0 Å². The van der Waals surface area contributed by atoms with Gasteiger partial charge >= 0.3 is 0 Å². The molecule has 0 bridgehead atoms. The van der Waals surface area contributed by atoms with Crippen LogP contribution in [-0.4, -0.2) is 8.07 Å². The average Bonchev–Trinajstić information content (AvgIpc) is 2.32. The molecule has 0 heterocycles. The minimum absolute atomic E-state index is 0. The van der Waals surface area contributed by atoms with E-state index >= 15 is 0 Å². The van der Waals surface area contributed by atoms with Crippen LogP contribution in [0.25, 0.3) is 0 Å². The Morgan fingerprint density at radius 2 is 1.58 bits per heavy atom. The molecule has 0 spiro atoms. The molecule has 0 atom stereocenters. The Hall–Kier alpha value is 0.437. The summed E-state index contributed by atoms with van der Waals surface area (Å²) in [6.45, 7) is 7.28. The van der Waals surface area contributed by atoms with Crippen molar-refractivity contribution in [2.75, 3.05) is 0 Å². The fourth-order valence-corrected chi connectivity index (χ4v) is 2.14. The normalized spacial score (nSPS) is 10.9. The molecule has 0 unspecified atom stereocenters. The van der Waals surface area contributed by atoms with Gasteiger partial charge in [-0.1, -0.05) is 32.1 Å². The second-order valence-electron chi connectivity index (χ2n) is 4.35. The van der Waals surface area contributed by atoms with E-state index in [2.05, 4.69) is 43.9 Å². The minimum Gasteiger partial charge on any atom is -0.213 e. The van der Waals surface area contributed by atoms with Crippen molar-refractivity contribution in [2.24, 2.45) is 0 Å². The molecule has 0 radical (unpaired) electrons. The zero-order chi connectivity index (χ0) is 8.32. The SMILES string of the molecule is C[Si](C)(C)CC[c-]1cccc1.[Hf]. The van der Waals surface area contributed by atoms with Crippen molar-refractivity contribution in [3.05, 3.63) is 29.8 Å². The minimum atomic E-state index is -0.813. The van der Waals surface area contributed by atoms with Crippen LogP contribution in [0.2, 0.25) is 25.7 Å². The molecule has 0 amide bonds. The van der Waals surface area contributed by atoms with E-state index in [4.69, 9.17) is 0 Å². The maximum absolute atomic E-state index is 2.43. The van der Waals surface area contributed by atoms with Crippen LogP contribution < -0.4 is 0 Å². The van der Waals surface area contributed by atoms with Crippen LogP contribution in [0.15, 0.2) is 24.3 Å². The average molecular weight is 344 g/mol. The first-order valence-corrected chi connectivity index (χ1v) is 7.99. The summed E-state index contributed by atoms with van der Waals surface area (Å²) < 4.78 is 0. The van der Waals surface area contributed by atoms with Gasteiger partial charge in [0.1, 0.15) is 0 Å². The van der Waals surface area contributed by atoms with Crippen LogP contribution >= 0.6 is 0 Å². The molecule has 0 aliphatic rings. The molecule has 66 valence electrons. The molecule has 0 fully saturated rings. The molecule has 0 saturated heterocycles. The van der Waals surface area contributed by atoms with E-state index in [1.54, 1.807) is 0 Å². The fourth-order valence-electron chi connectivity index (χ4n) is 1.10. The summed E-state index contributed by atoms with van der Waals surface area (Å²) in [6.07, 6.45) is 1.28. The molecule has 0 saturated carbocycles. The van der Waals surface area contributed by atoms with Crippen molar-refractivity contribution >= 4 is 8.07 Å². The smallest absolute Gasteiger partial charge is 0.0435 e. The Morgan fingerprint density at radius 1 is 1.08 bits per heavy atom. The largest absolute Gasteiger partial charge is 0.213 e. The Balaban J connectivity index is 0.00000121. The van der Waals surface area contributed by atoms with Crippen LogP contribution in [0, 0.1) is 0 Å². The van der Waals surface area contributed by atoms with Gasteiger partial charge < -0.3 is 0 Å². The Kier molecular flexibility index (Phi) is 5.42. The van der Waals surface area contributed by atoms with Crippen molar-refractivity contribution in [1.29, 1.82) is 0 Å². The van der Waals surface area contributed by atoms with E-state index in [1.165, 1.54) is 18.0 Å². The third-order valence-corrected chi connectivity index (χ3v) is 3.65. The molecular weight excluding hydrogens is 327 g/mol. The van der Waals surface area contributed by atoms with Crippen molar-refractivity contribution in [3.8, 4) is 0 Å². The zero-order valence-electron chi connectivity index (χ0n) is 8.22. The fraction of sp³-hybridized carbons (Fsp3) is 0.500. The van der Waals surface area contributed by atoms with Gasteiger partial charge in [-0.15, -0.1) is 0 Å². The second-order valence-corrected chi connectivity index (χ2v) is 9.98. The van der Waals surface area contributed by atoms with Gasteiger partial charge in [0.05, 0.1) is 0 Å².